The Morgan fingerprint density at radius 1 is 0.900 bits per heavy atom. The van der Waals surface area contributed by atoms with Gasteiger partial charge in [-0.15, -0.1) is 0 Å². The molecule has 2 aliphatic heterocycles. The van der Waals surface area contributed by atoms with E-state index >= 15 is 0 Å². The third-order valence-electron chi connectivity index (χ3n) is 5.83. The molecule has 3 heterocycles. The third kappa shape index (κ3) is 2.89. The van der Waals surface area contributed by atoms with E-state index in [4.69, 9.17) is 9.84 Å². The largest absolute Gasteiger partial charge is 0.464 e. The number of halogens is 1. The Morgan fingerprint density at radius 3 is 2.60 bits per heavy atom. The Hall–Kier alpha value is -3.18. The number of hydrogen-bond acceptors (Lipinski definition) is 4. The van der Waals surface area contributed by atoms with E-state index in [1.807, 2.05) is 24.3 Å². The number of rotatable bonds is 2. The number of benzene rings is 3. The lowest BCUT2D eigenvalue weighted by molar-refractivity contribution is -0.0191. The van der Waals surface area contributed by atoms with Crippen molar-refractivity contribution in [2.24, 2.45) is 5.10 Å². The summed E-state index contributed by atoms with van der Waals surface area (Å²) in [5, 5.41) is 9.64. The molecule has 0 aliphatic carbocycles. The number of aromatic nitrogens is 1. The van der Waals surface area contributed by atoms with Crippen LogP contribution in [0.3, 0.4) is 0 Å². The highest BCUT2D eigenvalue weighted by molar-refractivity contribution is 9.10. The predicted octanol–water partition coefficient (Wildman–Crippen LogP) is 6.24. The molecule has 146 valence electrons. The molecule has 4 aromatic rings. The Labute approximate surface area is 183 Å². The van der Waals surface area contributed by atoms with Crippen LogP contribution in [0.25, 0.3) is 10.8 Å². The van der Waals surface area contributed by atoms with Gasteiger partial charge in [0.05, 0.1) is 11.8 Å². The number of pyridine rings is 1. The van der Waals surface area contributed by atoms with Gasteiger partial charge in [-0.25, -0.2) is 5.01 Å². The molecular formula is C25H18BrN3O. The van der Waals surface area contributed by atoms with Gasteiger partial charge in [0.2, 0.25) is 6.23 Å². The molecule has 1 aromatic heterocycles. The Balaban J connectivity index is 1.46. The first-order chi connectivity index (χ1) is 14.8. The van der Waals surface area contributed by atoms with Crippen LogP contribution < -0.4 is 4.74 Å². The van der Waals surface area contributed by atoms with Crippen LogP contribution in [0.1, 0.15) is 35.4 Å². The minimum absolute atomic E-state index is 0.130. The van der Waals surface area contributed by atoms with E-state index in [-0.39, 0.29) is 12.3 Å². The first-order valence-corrected chi connectivity index (χ1v) is 10.8. The van der Waals surface area contributed by atoms with Crippen LogP contribution in [0.2, 0.25) is 0 Å². The molecule has 0 unspecified atom stereocenters. The molecule has 3 aromatic carbocycles. The van der Waals surface area contributed by atoms with E-state index in [0.29, 0.717) is 0 Å². The van der Waals surface area contributed by atoms with Gasteiger partial charge in [0.1, 0.15) is 5.75 Å². The van der Waals surface area contributed by atoms with Crippen molar-refractivity contribution in [3.05, 3.63) is 106 Å². The molecule has 0 bridgehead atoms. The maximum atomic E-state index is 6.41. The fourth-order valence-corrected chi connectivity index (χ4v) is 4.73. The maximum absolute atomic E-state index is 6.41. The fraction of sp³-hybridized carbons (Fsp3) is 0.120. The van der Waals surface area contributed by atoms with Gasteiger partial charge in [-0.3, -0.25) is 4.98 Å². The van der Waals surface area contributed by atoms with E-state index in [1.165, 1.54) is 10.8 Å². The highest BCUT2D eigenvalue weighted by Gasteiger charge is 2.41. The lowest BCUT2D eigenvalue weighted by atomic mass is 9.95. The summed E-state index contributed by atoms with van der Waals surface area (Å²) in [6.07, 6.45) is 4.17. The maximum Gasteiger partial charge on any atom is 0.213 e. The normalized spacial score (nSPS) is 19.8. The minimum atomic E-state index is -0.273. The van der Waals surface area contributed by atoms with Crippen molar-refractivity contribution in [3.63, 3.8) is 0 Å². The van der Waals surface area contributed by atoms with E-state index in [2.05, 4.69) is 74.5 Å². The zero-order valence-corrected chi connectivity index (χ0v) is 17.7. The lowest BCUT2D eigenvalue weighted by Crippen LogP contribution is -2.33. The molecule has 0 saturated heterocycles. The van der Waals surface area contributed by atoms with E-state index in [0.717, 1.165) is 39.0 Å². The zero-order valence-electron chi connectivity index (χ0n) is 16.1. The Bertz CT molecular complexity index is 1290. The van der Waals surface area contributed by atoms with Gasteiger partial charge < -0.3 is 4.74 Å². The summed E-state index contributed by atoms with van der Waals surface area (Å²) in [4.78, 5) is 4.16. The van der Waals surface area contributed by atoms with Gasteiger partial charge in [0.15, 0.2) is 0 Å². The standard InChI is InChI=1S/C25H18BrN3O/c26-20-7-8-24-21(14-20)23-15-22(19-6-5-16-3-1-2-4-18(16)13-19)28-29(23)25(30-24)17-9-11-27-12-10-17/h1-14,23,25H,15H2/t23-,25-/m1/s1. The van der Waals surface area contributed by atoms with Crippen molar-refractivity contribution in [2.45, 2.75) is 18.7 Å². The molecule has 0 N–H and O–H groups in total. The molecule has 2 aliphatic rings. The first-order valence-electron chi connectivity index (χ1n) is 9.97. The molecule has 2 atom stereocenters. The Kier molecular flexibility index (Phi) is 4.09. The molecule has 0 radical (unpaired) electrons. The van der Waals surface area contributed by atoms with Crippen LogP contribution in [0.5, 0.6) is 5.75 Å². The van der Waals surface area contributed by atoms with Gasteiger partial charge >= 0.3 is 0 Å². The summed E-state index contributed by atoms with van der Waals surface area (Å²) in [6.45, 7) is 0. The fourth-order valence-electron chi connectivity index (χ4n) is 4.35. The average molecular weight is 456 g/mol. The second-order valence-corrected chi connectivity index (χ2v) is 8.56. The molecule has 0 fully saturated rings. The summed E-state index contributed by atoms with van der Waals surface area (Å²) in [5.74, 6) is 0.913. The van der Waals surface area contributed by atoms with E-state index < -0.39 is 0 Å². The molecule has 4 nitrogen and oxygen atoms in total. The van der Waals surface area contributed by atoms with Crippen LogP contribution in [-0.4, -0.2) is 15.7 Å². The summed E-state index contributed by atoms with van der Waals surface area (Å²) in [6, 6.07) is 25.3. The van der Waals surface area contributed by atoms with E-state index in [1.54, 1.807) is 12.4 Å². The number of nitrogens with zero attached hydrogens (tertiary/aromatic N) is 3. The summed E-state index contributed by atoms with van der Waals surface area (Å²) in [5.41, 5.74) is 4.45. The van der Waals surface area contributed by atoms with Crippen molar-refractivity contribution in [3.8, 4) is 5.75 Å². The van der Waals surface area contributed by atoms with Crippen molar-refractivity contribution < 1.29 is 4.74 Å². The minimum Gasteiger partial charge on any atom is -0.464 e. The molecule has 30 heavy (non-hydrogen) atoms. The highest BCUT2D eigenvalue weighted by Crippen LogP contribution is 2.48. The number of ether oxygens (including phenoxy) is 1. The smallest absolute Gasteiger partial charge is 0.213 e. The highest BCUT2D eigenvalue weighted by atomic mass is 79.9. The molecule has 6 rings (SSSR count). The van der Waals surface area contributed by atoms with Gasteiger partial charge in [-0.1, -0.05) is 52.3 Å². The molecular weight excluding hydrogens is 438 g/mol. The molecule has 0 spiro atoms. The summed E-state index contributed by atoms with van der Waals surface area (Å²) in [7, 11) is 0. The van der Waals surface area contributed by atoms with Crippen LogP contribution in [0.15, 0.2) is 94.8 Å². The zero-order chi connectivity index (χ0) is 20.1. The number of fused-ring (bicyclic) bond motifs is 4. The molecule has 0 amide bonds. The van der Waals surface area contributed by atoms with Gasteiger partial charge in [-0.05, 0) is 52.7 Å². The third-order valence-corrected chi connectivity index (χ3v) is 6.32. The SMILES string of the molecule is Brc1ccc2c(c1)[C@H]1CC(c3ccc4ccccc4c3)=NN1[C@@H](c1ccncc1)O2. The van der Waals surface area contributed by atoms with Crippen molar-refractivity contribution in [2.75, 3.05) is 0 Å². The van der Waals surface area contributed by atoms with Crippen LogP contribution >= 0.6 is 15.9 Å². The first kappa shape index (κ1) is 17.7. The quantitative estimate of drug-likeness (QED) is 0.359. The van der Waals surface area contributed by atoms with Crippen LogP contribution in [0.4, 0.5) is 0 Å². The van der Waals surface area contributed by atoms with Crippen LogP contribution in [0, 0.1) is 0 Å². The van der Waals surface area contributed by atoms with Crippen LogP contribution in [-0.2, 0) is 0 Å². The molecule has 0 saturated carbocycles. The second kappa shape index (κ2) is 6.96. The lowest BCUT2D eigenvalue weighted by Gasteiger charge is -2.38. The van der Waals surface area contributed by atoms with Crippen molar-refractivity contribution in [1.82, 2.24) is 9.99 Å². The Morgan fingerprint density at radius 2 is 1.73 bits per heavy atom. The number of hydrazone groups is 1. The second-order valence-electron chi connectivity index (χ2n) is 7.64. The van der Waals surface area contributed by atoms with Crippen molar-refractivity contribution >= 4 is 32.4 Å². The van der Waals surface area contributed by atoms with Crippen molar-refractivity contribution in [1.29, 1.82) is 0 Å². The van der Waals surface area contributed by atoms with Gasteiger partial charge in [0, 0.05) is 34.4 Å². The monoisotopic (exact) mass is 455 g/mol. The molecule has 5 heteroatoms. The van der Waals surface area contributed by atoms with Gasteiger partial charge in [-0.2, -0.15) is 5.10 Å². The van der Waals surface area contributed by atoms with Gasteiger partial charge in [0.25, 0.3) is 0 Å². The topological polar surface area (TPSA) is 37.7 Å². The summed E-state index contributed by atoms with van der Waals surface area (Å²) < 4.78 is 7.46. The number of hydrogen-bond donors (Lipinski definition) is 0. The summed E-state index contributed by atoms with van der Waals surface area (Å²) >= 11 is 3.61. The average Bonchev–Trinajstić information content (AvgIpc) is 3.25. The van der Waals surface area contributed by atoms with E-state index in [9.17, 15) is 0 Å². The predicted molar refractivity (Wildman–Crippen MR) is 121 cm³/mol.